The Balaban J connectivity index is 2.82. The Labute approximate surface area is 99.1 Å². The van der Waals surface area contributed by atoms with Crippen molar-refractivity contribution < 1.29 is 0 Å². The Morgan fingerprint density at radius 3 is 2.36 bits per heavy atom. The SMILES string of the molecule is CCCN(c1ncc(I)cn1)C(C)C. The van der Waals surface area contributed by atoms with Gasteiger partial charge in [0.25, 0.3) is 0 Å². The van der Waals surface area contributed by atoms with Crippen molar-refractivity contribution in [2.45, 2.75) is 33.2 Å². The van der Waals surface area contributed by atoms with Crippen molar-refractivity contribution in [1.82, 2.24) is 9.97 Å². The van der Waals surface area contributed by atoms with Gasteiger partial charge in [0.1, 0.15) is 0 Å². The minimum Gasteiger partial charge on any atom is -0.338 e. The van der Waals surface area contributed by atoms with Gasteiger partial charge in [-0.15, -0.1) is 0 Å². The van der Waals surface area contributed by atoms with Crippen molar-refractivity contribution >= 4 is 28.5 Å². The molecular formula is C10H16IN3. The number of hydrogen-bond acceptors (Lipinski definition) is 3. The second kappa shape index (κ2) is 5.48. The van der Waals surface area contributed by atoms with Crippen LogP contribution in [0.4, 0.5) is 5.95 Å². The maximum Gasteiger partial charge on any atom is 0.225 e. The standard InChI is InChI=1S/C10H16IN3/c1-4-5-14(8(2)3)10-12-6-9(11)7-13-10/h6-8H,4-5H2,1-3H3. The molecule has 4 heteroatoms. The first-order chi connectivity index (χ1) is 6.65. The lowest BCUT2D eigenvalue weighted by Gasteiger charge is -2.25. The lowest BCUT2D eigenvalue weighted by molar-refractivity contribution is 0.651. The molecule has 0 bridgehead atoms. The molecule has 1 aromatic rings. The van der Waals surface area contributed by atoms with Gasteiger partial charge in [0.15, 0.2) is 0 Å². The maximum absolute atomic E-state index is 4.33. The Kier molecular flexibility index (Phi) is 4.57. The highest BCUT2D eigenvalue weighted by atomic mass is 127. The predicted molar refractivity (Wildman–Crippen MR) is 67.5 cm³/mol. The van der Waals surface area contributed by atoms with Crippen LogP contribution < -0.4 is 4.90 Å². The van der Waals surface area contributed by atoms with E-state index in [9.17, 15) is 0 Å². The van der Waals surface area contributed by atoms with E-state index in [1.165, 1.54) is 0 Å². The minimum absolute atomic E-state index is 0.454. The summed E-state index contributed by atoms with van der Waals surface area (Å²) in [4.78, 5) is 10.9. The van der Waals surface area contributed by atoms with Gasteiger partial charge in [0.2, 0.25) is 5.95 Å². The molecule has 0 spiro atoms. The molecule has 0 aromatic carbocycles. The highest BCUT2D eigenvalue weighted by molar-refractivity contribution is 14.1. The highest BCUT2D eigenvalue weighted by Crippen LogP contribution is 2.12. The maximum atomic E-state index is 4.33. The van der Waals surface area contributed by atoms with E-state index in [2.05, 4.69) is 58.2 Å². The summed E-state index contributed by atoms with van der Waals surface area (Å²) < 4.78 is 1.08. The van der Waals surface area contributed by atoms with Gasteiger partial charge in [0.05, 0.1) is 0 Å². The van der Waals surface area contributed by atoms with E-state index in [-0.39, 0.29) is 0 Å². The molecule has 1 rings (SSSR count). The van der Waals surface area contributed by atoms with Crippen molar-refractivity contribution in [3.8, 4) is 0 Å². The van der Waals surface area contributed by atoms with Crippen LogP contribution in [0.15, 0.2) is 12.4 Å². The Hall–Kier alpha value is -0.390. The summed E-state index contributed by atoms with van der Waals surface area (Å²) in [5.41, 5.74) is 0. The van der Waals surface area contributed by atoms with Crippen LogP contribution in [0.25, 0.3) is 0 Å². The second-order valence-corrected chi connectivity index (χ2v) is 4.73. The van der Waals surface area contributed by atoms with Gasteiger partial charge < -0.3 is 4.90 Å². The average molecular weight is 305 g/mol. The Morgan fingerprint density at radius 2 is 1.93 bits per heavy atom. The van der Waals surface area contributed by atoms with E-state index in [4.69, 9.17) is 0 Å². The zero-order chi connectivity index (χ0) is 10.6. The van der Waals surface area contributed by atoms with Crippen LogP contribution >= 0.6 is 22.6 Å². The third kappa shape index (κ3) is 3.08. The first-order valence-corrected chi connectivity index (χ1v) is 5.97. The number of rotatable bonds is 4. The van der Waals surface area contributed by atoms with Crippen molar-refractivity contribution in [1.29, 1.82) is 0 Å². The molecule has 1 heterocycles. The van der Waals surface area contributed by atoms with E-state index < -0.39 is 0 Å². The molecule has 78 valence electrons. The summed E-state index contributed by atoms with van der Waals surface area (Å²) >= 11 is 2.22. The van der Waals surface area contributed by atoms with Gasteiger partial charge in [-0.1, -0.05) is 6.92 Å². The van der Waals surface area contributed by atoms with Crippen LogP contribution in [0.3, 0.4) is 0 Å². The molecule has 0 aliphatic rings. The summed E-state index contributed by atoms with van der Waals surface area (Å²) in [6, 6.07) is 0.454. The largest absolute Gasteiger partial charge is 0.338 e. The topological polar surface area (TPSA) is 29.0 Å². The highest BCUT2D eigenvalue weighted by Gasteiger charge is 2.11. The van der Waals surface area contributed by atoms with Crippen LogP contribution in [0.5, 0.6) is 0 Å². The molecule has 0 atom stereocenters. The molecule has 0 saturated heterocycles. The molecule has 0 fully saturated rings. The van der Waals surface area contributed by atoms with Gasteiger partial charge in [-0.2, -0.15) is 0 Å². The fraction of sp³-hybridized carbons (Fsp3) is 0.600. The normalized spacial score (nSPS) is 10.6. The molecule has 0 radical (unpaired) electrons. The number of nitrogens with zero attached hydrogens (tertiary/aromatic N) is 3. The monoisotopic (exact) mass is 305 g/mol. The molecule has 3 nitrogen and oxygen atoms in total. The zero-order valence-electron chi connectivity index (χ0n) is 8.87. The molecule has 0 N–H and O–H groups in total. The number of anilines is 1. The first-order valence-electron chi connectivity index (χ1n) is 4.89. The van der Waals surface area contributed by atoms with E-state index in [0.717, 1.165) is 22.5 Å². The molecule has 0 aliphatic heterocycles. The number of hydrogen-bond donors (Lipinski definition) is 0. The van der Waals surface area contributed by atoms with Gasteiger partial charge >= 0.3 is 0 Å². The molecule has 0 amide bonds. The van der Waals surface area contributed by atoms with E-state index >= 15 is 0 Å². The van der Waals surface area contributed by atoms with E-state index in [0.29, 0.717) is 6.04 Å². The van der Waals surface area contributed by atoms with Gasteiger partial charge in [-0.3, -0.25) is 0 Å². The molecule has 0 unspecified atom stereocenters. The van der Waals surface area contributed by atoms with Gasteiger partial charge in [-0.25, -0.2) is 9.97 Å². The van der Waals surface area contributed by atoms with Crippen LogP contribution in [0.1, 0.15) is 27.2 Å². The lowest BCUT2D eigenvalue weighted by Crippen LogP contribution is -2.32. The van der Waals surface area contributed by atoms with Crippen LogP contribution in [-0.4, -0.2) is 22.6 Å². The predicted octanol–water partition coefficient (Wildman–Crippen LogP) is 2.71. The fourth-order valence-electron chi connectivity index (χ4n) is 1.28. The average Bonchev–Trinajstić information content (AvgIpc) is 2.15. The molecule has 0 saturated carbocycles. The summed E-state index contributed by atoms with van der Waals surface area (Å²) in [7, 11) is 0. The summed E-state index contributed by atoms with van der Waals surface area (Å²) in [6.45, 7) is 7.51. The summed E-state index contributed by atoms with van der Waals surface area (Å²) in [5, 5.41) is 0. The minimum atomic E-state index is 0.454. The number of halogens is 1. The Bertz CT molecular complexity index is 271. The first kappa shape index (κ1) is 11.7. The van der Waals surface area contributed by atoms with Crippen molar-refractivity contribution in [3.05, 3.63) is 16.0 Å². The van der Waals surface area contributed by atoms with Gasteiger partial charge in [-0.05, 0) is 42.9 Å². The third-order valence-corrected chi connectivity index (χ3v) is 2.51. The van der Waals surface area contributed by atoms with Gasteiger partial charge in [0, 0.05) is 28.6 Å². The van der Waals surface area contributed by atoms with Crippen LogP contribution in [0, 0.1) is 3.57 Å². The zero-order valence-corrected chi connectivity index (χ0v) is 11.0. The molecule has 14 heavy (non-hydrogen) atoms. The van der Waals surface area contributed by atoms with E-state index in [1.54, 1.807) is 0 Å². The van der Waals surface area contributed by atoms with Crippen LogP contribution in [0.2, 0.25) is 0 Å². The van der Waals surface area contributed by atoms with Crippen molar-refractivity contribution in [2.24, 2.45) is 0 Å². The summed E-state index contributed by atoms with van der Waals surface area (Å²) in [5.74, 6) is 0.835. The fourth-order valence-corrected chi connectivity index (χ4v) is 1.56. The lowest BCUT2D eigenvalue weighted by atomic mass is 10.3. The summed E-state index contributed by atoms with van der Waals surface area (Å²) in [6.07, 6.45) is 4.83. The van der Waals surface area contributed by atoms with Crippen molar-refractivity contribution in [3.63, 3.8) is 0 Å². The second-order valence-electron chi connectivity index (χ2n) is 3.49. The smallest absolute Gasteiger partial charge is 0.225 e. The molecular weight excluding hydrogens is 289 g/mol. The number of aromatic nitrogens is 2. The molecule has 0 aliphatic carbocycles. The Morgan fingerprint density at radius 1 is 1.36 bits per heavy atom. The quantitative estimate of drug-likeness (QED) is 0.801. The van der Waals surface area contributed by atoms with Crippen LogP contribution in [-0.2, 0) is 0 Å². The van der Waals surface area contributed by atoms with E-state index in [1.807, 2.05) is 12.4 Å². The van der Waals surface area contributed by atoms with Crippen molar-refractivity contribution in [2.75, 3.05) is 11.4 Å². The molecule has 1 aromatic heterocycles. The third-order valence-electron chi connectivity index (χ3n) is 1.95.